The van der Waals surface area contributed by atoms with E-state index in [1.165, 1.54) is 5.56 Å². The van der Waals surface area contributed by atoms with Gasteiger partial charge in [0.25, 0.3) is 0 Å². The van der Waals surface area contributed by atoms with Crippen molar-refractivity contribution in [1.82, 2.24) is 0 Å². The molecule has 134 valence electrons. The van der Waals surface area contributed by atoms with Crippen LogP contribution in [0.2, 0.25) is 0 Å². The van der Waals surface area contributed by atoms with Gasteiger partial charge in [0.1, 0.15) is 24.7 Å². The van der Waals surface area contributed by atoms with E-state index < -0.39 is 0 Å². The van der Waals surface area contributed by atoms with Crippen LogP contribution < -0.4 is 14.8 Å². The van der Waals surface area contributed by atoms with Crippen LogP contribution in [0.25, 0.3) is 0 Å². The van der Waals surface area contributed by atoms with Gasteiger partial charge in [0.2, 0.25) is 0 Å². The number of ether oxygens (including phenoxy) is 2. The van der Waals surface area contributed by atoms with Gasteiger partial charge in [-0.15, -0.1) is 0 Å². The molecule has 0 saturated carbocycles. The molecule has 1 N–H and O–H groups in total. The first kappa shape index (κ1) is 17.9. The Morgan fingerprint density at radius 1 is 0.808 bits per heavy atom. The van der Waals surface area contributed by atoms with E-state index in [1.807, 2.05) is 42.5 Å². The summed E-state index contributed by atoms with van der Waals surface area (Å²) >= 11 is 0. The average molecular weight is 347 g/mol. The maximum atomic E-state index is 5.88. The molecule has 0 aliphatic heterocycles. The molecule has 0 atom stereocenters. The summed E-state index contributed by atoms with van der Waals surface area (Å²) in [5.74, 6) is 1.81. The lowest BCUT2D eigenvalue weighted by Crippen LogP contribution is -2.12. The van der Waals surface area contributed by atoms with E-state index in [4.69, 9.17) is 9.47 Å². The Bertz CT molecular complexity index is 831. The molecule has 3 rings (SSSR count). The molecule has 0 amide bonds. The van der Waals surface area contributed by atoms with Crippen LogP contribution in [0.3, 0.4) is 0 Å². The standard InChI is InChI=1S/C23H25NO2/c1-18-11-12-19(2)23(15-18)25-14-13-24-21-9-6-10-22(16-21)26-17-20-7-4-3-5-8-20/h3-12,15-16,24H,13-14,17H2,1-2H3. The number of nitrogens with one attached hydrogen (secondary N) is 1. The predicted molar refractivity (Wildman–Crippen MR) is 107 cm³/mol. The van der Waals surface area contributed by atoms with E-state index in [1.54, 1.807) is 0 Å². The fraction of sp³-hybridized carbons (Fsp3) is 0.217. The topological polar surface area (TPSA) is 30.5 Å². The molecule has 0 radical (unpaired) electrons. The third-order valence-electron chi connectivity index (χ3n) is 4.11. The van der Waals surface area contributed by atoms with Gasteiger partial charge in [0, 0.05) is 18.3 Å². The largest absolute Gasteiger partial charge is 0.491 e. The molecule has 0 aliphatic carbocycles. The molecule has 0 unspecified atom stereocenters. The molecule has 3 nitrogen and oxygen atoms in total. The van der Waals surface area contributed by atoms with Gasteiger partial charge in [-0.25, -0.2) is 0 Å². The van der Waals surface area contributed by atoms with Gasteiger partial charge in [-0.2, -0.15) is 0 Å². The molecular weight excluding hydrogens is 322 g/mol. The van der Waals surface area contributed by atoms with E-state index in [-0.39, 0.29) is 0 Å². The summed E-state index contributed by atoms with van der Waals surface area (Å²) in [6.45, 7) is 6.05. The molecular formula is C23H25NO2. The molecule has 0 bridgehead atoms. The molecule has 0 fully saturated rings. The van der Waals surface area contributed by atoms with Crippen LogP contribution in [0.15, 0.2) is 72.8 Å². The molecule has 0 aliphatic rings. The van der Waals surface area contributed by atoms with Crippen molar-refractivity contribution in [3.05, 3.63) is 89.5 Å². The fourth-order valence-electron chi connectivity index (χ4n) is 2.66. The number of benzene rings is 3. The van der Waals surface area contributed by atoms with Crippen LogP contribution in [0.1, 0.15) is 16.7 Å². The first-order valence-corrected chi connectivity index (χ1v) is 8.91. The van der Waals surface area contributed by atoms with Gasteiger partial charge >= 0.3 is 0 Å². The lowest BCUT2D eigenvalue weighted by Gasteiger charge is -2.12. The highest BCUT2D eigenvalue weighted by Crippen LogP contribution is 2.20. The van der Waals surface area contributed by atoms with Gasteiger partial charge in [-0.05, 0) is 48.7 Å². The monoisotopic (exact) mass is 347 g/mol. The van der Waals surface area contributed by atoms with Crippen LogP contribution in [0.4, 0.5) is 5.69 Å². The summed E-state index contributed by atoms with van der Waals surface area (Å²) in [5, 5.41) is 3.38. The van der Waals surface area contributed by atoms with Gasteiger partial charge in [-0.1, -0.05) is 48.5 Å². The average Bonchev–Trinajstić information content (AvgIpc) is 2.67. The Balaban J connectivity index is 1.47. The summed E-state index contributed by atoms with van der Waals surface area (Å²) in [5.41, 5.74) is 4.56. The van der Waals surface area contributed by atoms with E-state index in [2.05, 4.69) is 49.5 Å². The first-order chi connectivity index (χ1) is 12.7. The summed E-state index contributed by atoms with van der Waals surface area (Å²) in [4.78, 5) is 0. The minimum atomic E-state index is 0.569. The fourth-order valence-corrected chi connectivity index (χ4v) is 2.66. The van der Waals surface area contributed by atoms with E-state index in [0.29, 0.717) is 13.2 Å². The normalized spacial score (nSPS) is 10.4. The lowest BCUT2D eigenvalue weighted by molar-refractivity contribution is 0.306. The van der Waals surface area contributed by atoms with E-state index in [9.17, 15) is 0 Å². The van der Waals surface area contributed by atoms with Gasteiger partial charge in [-0.3, -0.25) is 0 Å². The van der Waals surface area contributed by atoms with Crippen molar-refractivity contribution in [3.63, 3.8) is 0 Å². The molecule has 0 aromatic heterocycles. The minimum absolute atomic E-state index is 0.569. The Kier molecular flexibility index (Phi) is 6.15. The summed E-state index contributed by atoms with van der Waals surface area (Å²) in [7, 11) is 0. The van der Waals surface area contributed by atoms with Gasteiger partial charge in [0.05, 0.1) is 0 Å². The molecule has 0 saturated heterocycles. The van der Waals surface area contributed by atoms with Crippen molar-refractivity contribution < 1.29 is 9.47 Å². The molecule has 3 aromatic carbocycles. The predicted octanol–water partition coefficient (Wildman–Crippen LogP) is 5.37. The van der Waals surface area contributed by atoms with Crippen LogP contribution >= 0.6 is 0 Å². The Hall–Kier alpha value is -2.94. The summed E-state index contributed by atoms with van der Waals surface area (Å²) < 4.78 is 11.7. The maximum Gasteiger partial charge on any atom is 0.122 e. The number of aryl methyl sites for hydroxylation is 2. The third kappa shape index (κ3) is 5.28. The van der Waals surface area contributed by atoms with Crippen molar-refractivity contribution in [2.24, 2.45) is 0 Å². The Morgan fingerprint density at radius 3 is 2.50 bits per heavy atom. The number of rotatable bonds is 8. The molecule has 0 heterocycles. The van der Waals surface area contributed by atoms with Gasteiger partial charge in [0.15, 0.2) is 0 Å². The van der Waals surface area contributed by atoms with Gasteiger partial charge < -0.3 is 14.8 Å². The molecule has 3 aromatic rings. The minimum Gasteiger partial charge on any atom is -0.491 e. The molecule has 3 heteroatoms. The van der Waals surface area contributed by atoms with Crippen molar-refractivity contribution >= 4 is 5.69 Å². The quantitative estimate of drug-likeness (QED) is 0.555. The van der Waals surface area contributed by atoms with Crippen molar-refractivity contribution in [2.45, 2.75) is 20.5 Å². The maximum absolute atomic E-state index is 5.88. The second kappa shape index (κ2) is 8.95. The zero-order chi connectivity index (χ0) is 18.2. The lowest BCUT2D eigenvalue weighted by atomic mass is 10.1. The Labute approximate surface area is 155 Å². The van der Waals surface area contributed by atoms with Crippen molar-refractivity contribution in [3.8, 4) is 11.5 Å². The highest BCUT2D eigenvalue weighted by atomic mass is 16.5. The third-order valence-corrected chi connectivity index (χ3v) is 4.11. The Morgan fingerprint density at radius 2 is 1.65 bits per heavy atom. The second-order valence-corrected chi connectivity index (χ2v) is 6.35. The summed E-state index contributed by atoms with van der Waals surface area (Å²) in [6.07, 6.45) is 0. The summed E-state index contributed by atoms with van der Waals surface area (Å²) in [6, 6.07) is 24.5. The highest BCUT2D eigenvalue weighted by Gasteiger charge is 2.01. The number of anilines is 1. The highest BCUT2D eigenvalue weighted by molar-refractivity contribution is 5.48. The molecule has 26 heavy (non-hydrogen) atoms. The van der Waals surface area contributed by atoms with Crippen molar-refractivity contribution in [1.29, 1.82) is 0 Å². The SMILES string of the molecule is Cc1ccc(C)c(OCCNc2cccc(OCc3ccccc3)c2)c1. The smallest absolute Gasteiger partial charge is 0.122 e. The zero-order valence-electron chi connectivity index (χ0n) is 15.4. The van der Waals surface area contributed by atoms with E-state index >= 15 is 0 Å². The number of hydrogen-bond donors (Lipinski definition) is 1. The van der Waals surface area contributed by atoms with Crippen LogP contribution in [0, 0.1) is 13.8 Å². The van der Waals surface area contributed by atoms with Crippen LogP contribution in [-0.2, 0) is 6.61 Å². The second-order valence-electron chi connectivity index (χ2n) is 6.35. The van der Waals surface area contributed by atoms with Crippen molar-refractivity contribution in [2.75, 3.05) is 18.5 Å². The molecule has 0 spiro atoms. The number of hydrogen-bond acceptors (Lipinski definition) is 3. The van der Waals surface area contributed by atoms with Crippen LogP contribution in [-0.4, -0.2) is 13.2 Å². The first-order valence-electron chi connectivity index (χ1n) is 8.91. The van der Waals surface area contributed by atoms with E-state index in [0.717, 1.165) is 34.9 Å². The van der Waals surface area contributed by atoms with Crippen LogP contribution in [0.5, 0.6) is 11.5 Å². The zero-order valence-corrected chi connectivity index (χ0v) is 15.4.